The fraction of sp³-hybridized carbons (Fsp3) is 0.0870. The number of fused-ring (bicyclic) bond motifs is 3. The van der Waals surface area contributed by atoms with E-state index in [1.807, 2.05) is 53.4 Å². The minimum absolute atomic E-state index is 0.271. The van der Waals surface area contributed by atoms with Crippen LogP contribution in [0.1, 0.15) is 27.6 Å². The van der Waals surface area contributed by atoms with Crippen molar-refractivity contribution in [2.24, 2.45) is 0 Å². The first kappa shape index (κ1) is 17.7. The summed E-state index contributed by atoms with van der Waals surface area (Å²) in [6, 6.07) is 21.4. The fourth-order valence-electron chi connectivity index (χ4n) is 3.84. The highest BCUT2D eigenvalue weighted by atomic mass is 32.2. The van der Waals surface area contributed by atoms with Gasteiger partial charge in [-0.15, -0.1) is 0 Å². The Morgan fingerprint density at radius 1 is 0.759 bits per heavy atom. The molecule has 0 spiro atoms. The lowest BCUT2D eigenvalue weighted by Crippen LogP contribution is -2.48. The van der Waals surface area contributed by atoms with Crippen LogP contribution in [0, 0.1) is 0 Å². The standard InChI is InChI=1S/C23H16N2O3S/c1-14(21(26)25-22(27)15-8-2-3-9-16(15)23(25)28)24-17-10-4-6-12-19(17)29-20-13-7-5-11-18(20)24/h2-14H,1H3. The molecule has 29 heavy (non-hydrogen) atoms. The Hall–Kier alpha value is -3.38. The molecule has 6 heteroatoms. The van der Waals surface area contributed by atoms with Crippen molar-refractivity contribution in [1.82, 2.24) is 4.90 Å². The summed E-state index contributed by atoms with van der Waals surface area (Å²) in [7, 11) is 0. The molecule has 0 fully saturated rings. The second-order valence-corrected chi connectivity index (χ2v) is 8.00. The highest BCUT2D eigenvalue weighted by molar-refractivity contribution is 7.99. The van der Waals surface area contributed by atoms with Crippen molar-refractivity contribution < 1.29 is 14.4 Å². The number of carbonyl (C=O) groups excluding carboxylic acids is 3. The molecule has 3 aromatic carbocycles. The molecule has 1 atom stereocenters. The lowest BCUT2D eigenvalue weighted by Gasteiger charge is -2.37. The summed E-state index contributed by atoms with van der Waals surface area (Å²) in [5.74, 6) is -1.65. The average molecular weight is 400 g/mol. The van der Waals surface area contributed by atoms with E-state index in [-0.39, 0.29) is 11.1 Å². The Morgan fingerprint density at radius 2 is 1.21 bits per heavy atom. The first-order valence-corrected chi connectivity index (χ1v) is 10.1. The summed E-state index contributed by atoms with van der Waals surface area (Å²) >= 11 is 1.64. The summed E-state index contributed by atoms with van der Waals surface area (Å²) < 4.78 is 0. The molecule has 0 radical (unpaired) electrons. The number of rotatable bonds is 2. The van der Waals surface area contributed by atoms with Gasteiger partial charge in [-0.05, 0) is 43.3 Å². The minimum Gasteiger partial charge on any atom is -0.327 e. The molecule has 5 nitrogen and oxygen atoms in total. The predicted octanol–water partition coefficient (Wildman–Crippen LogP) is 4.50. The molecule has 0 N–H and O–H groups in total. The van der Waals surface area contributed by atoms with E-state index in [2.05, 4.69) is 0 Å². The van der Waals surface area contributed by atoms with E-state index in [1.165, 1.54) is 0 Å². The van der Waals surface area contributed by atoms with Crippen molar-refractivity contribution in [3.05, 3.63) is 83.9 Å². The van der Waals surface area contributed by atoms with E-state index >= 15 is 0 Å². The highest BCUT2D eigenvalue weighted by Gasteiger charge is 2.43. The largest absolute Gasteiger partial charge is 0.327 e. The van der Waals surface area contributed by atoms with Gasteiger partial charge in [0.2, 0.25) is 0 Å². The van der Waals surface area contributed by atoms with Gasteiger partial charge >= 0.3 is 0 Å². The average Bonchev–Trinajstić information content (AvgIpc) is 3.01. The lowest BCUT2D eigenvalue weighted by atomic mass is 10.1. The smallest absolute Gasteiger partial charge is 0.268 e. The highest BCUT2D eigenvalue weighted by Crippen LogP contribution is 2.49. The van der Waals surface area contributed by atoms with Gasteiger partial charge in [0.05, 0.1) is 22.5 Å². The van der Waals surface area contributed by atoms with Gasteiger partial charge in [0.1, 0.15) is 6.04 Å². The van der Waals surface area contributed by atoms with Crippen LogP contribution in [0.4, 0.5) is 11.4 Å². The van der Waals surface area contributed by atoms with Gasteiger partial charge in [-0.1, -0.05) is 48.2 Å². The first-order valence-electron chi connectivity index (χ1n) is 9.24. The number of hydrogen-bond acceptors (Lipinski definition) is 5. The van der Waals surface area contributed by atoms with Crippen molar-refractivity contribution in [2.75, 3.05) is 4.90 Å². The Balaban J connectivity index is 1.57. The van der Waals surface area contributed by atoms with Gasteiger partial charge in [-0.25, -0.2) is 4.90 Å². The van der Waals surface area contributed by atoms with Gasteiger partial charge in [0.25, 0.3) is 17.7 Å². The molecule has 0 aliphatic carbocycles. The number of para-hydroxylation sites is 2. The summed E-state index contributed by atoms with van der Waals surface area (Å²) in [4.78, 5) is 43.7. The number of anilines is 2. The number of hydrogen-bond donors (Lipinski definition) is 0. The summed E-state index contributed by atoms with van der Waals surface area (Å²) in [5, 5.41) is 0. The maximum absolute atomic E-state index is 13.4. The van der Waals surface area contributed by atoms with E-state index in [4.69, 9.17) is 0 Å². The minimum atomic E-state index is -0.736. The van der Waals surface area contributed by atoms with E-state index in [0.717, 1.165) is 26.1 Å². The monoisotopic (exact) mass is 400 g/mol. The topological polar surface area (TPSA) is 57.7 Å². The molecule has 2 aliphatic heterocycles. The Morgan fingerprint density at radius 3 is 1.72 bits per heavy atom. The Labute approximate surface area is 171 Å². The van der Waals surface area contributed by atoms with E-state index in [0.29, 0.717) is 0 Å². The number of benzene rings is 3. The Kier molecular flexibility index (Phi) is 4.03. The molecule has 0 saturated heterocycles. The van der Waals surface area contributed by atoms with E-state index in [1.54, 1.807) is 43.0 Å². The van der Waals surface area contributed by atoms with Crippen molar-refractivity contribution in [3.8, 4) is 0 Å². The Bertz CT molecular complexity index is 1110. The second kappa shape index (κ2) is 6.60. The summed E-state index contributed by atoms with van der Waals surface area (Å²) in [5.41, 5.74) is 2.31. The molecule has 142 valence electrons. The third kappa shape index (κ3) is 2.60. The molecule has 2 heterocycles. The van der Waals surface area contributed by atoms with Gasteiger partial charge in [-0.2, -0.15) is 0 Å². The van der Waals surface area contributed by atoms with Crippen LogP contribution in [-0.2, 0) is 4.79 Å². The normalized spacial score (nSPS) is 15.6. The number of imide groups is 3. The predicted molar refractivity (Wildman–Crippen MR) is 111 cm³/mol. The molecule has 3 aromatic rings. The SMILES string of the molecule is CC(C(=O)N1C(=O)c2ccccc2C1=O)N1c2ccccc2Sc2ccccc21. The van der Waals surface area contributed by atoms with Crippen molar-refractivity contribution >= 4 is 40.9 Å². The van der Waals surface area contributed by atoms with Crippen LogP contribution in [-0.4, -0.2) is 28.7 Å². The van der Waals surface area contributed by atoms with E-state index < -0.39 is 23.8 Å². The zero-order valence-corrected chi connectivity index (χ0v) is 16.3. The van der Waals surface area contributed by atoms with Crippen LogP contribution >= 0.6 is 11.8 Å². The van der Waals surface area contributed by atoms with Gasteiger partial charge in [0, 0.05) is 9.79 Å². The molecule has 3 amide bonds. The fourth-order valence-corrected chi connectivity index (χ4v) is 4.91. The van der Waals surface area contributed by atoms with Crippen LogP contribution in [0.5, 0.6) is 0 Å². The maximum Gasteiger partial charge on any atom is 0.268 e. The van der Waals surface area contributed by atoms with Crippen molar-refractivity contribution in [2.45, 2.75) is 22.8 Å². The van der Waals surface area contributed by atoms with Crippen molar-refractivity contribution in [1.29, 1.82) is 0 Å². The molecule has 0 bridgehead atoms. The zero-order chi connectivity index (χ0) is 20.1. The molecule has 5 rings (SSSR count). The van der Waals surface area contributed by atoms with Gasteiger partial charge in [-0.3, -0.25) is 14.4 Å². The molecule has 0 aromatic heterocycles. The second-order valence-electron chi connectivity index (χ2n) is 6.91. The van der Waals surface area contributed by atoms with Crippen LogP contribution in [0.15, 0.2) is 82.6 Å². The van der Waals surface area contributed by atoms with Gasteiger partial charge in [0.15, 0.2) is 0 Å². The quantitative estimate of drug-likeness (QED) is 0.593. The summed E-state index contributed by atoms with van der Waals surface area (Å²) in [6.07, 6.45) is 0. The van der Waals surface area contributed by atoms with Crippen LogP contribution in [0.25, 0.3) is 0 Å². The van der Waals surface area contributed by atoms with Crippen molar-refractivity contribution in [3.63, 3.8) is 0 Å². The first-order chi connectivity index (χ1) is 14.1. The number of amides is 3. The van der Waals surface area contributed by atoms with Crippen LogP contribution in [0.2, 0.25) is 0 Å². The molecular weight excluding hydrogens is 384 g/mol. The molecular formula is C23H16N2O3S. The molecule has 2 aliphatic rings. The van der Waals surface area contributed by atoms with Crippen LogP contribution in [0.3, 0.4) is 0 Å². The molecule has 1 unspecified atom stereocenters. The number of carbonyl (C=O) groups is 3. The third-order valence-electron chi connectivity index (χ3n) is 5.23. The van der Waals surface area contributed by atoms with Crippen LogP contribution < -0.4 is 4.90 Å². The summed E-state index contributed by atoms with van der Waals surface area (Å²) in [6.45, 7) is 1.73. The third-order valence-corrected chi connectivity index (χ3v) is 6.36. The lowest BCUT2D eigenvalue weighted by molar-refractivity contribution is -0.127. The maximum atomic E-state index is 13.4. The number of nitrogens with zero attached hydrogens (tertiary/aromatic N) is 2. The van der Waals surface area contributed by atoms with E-state index in [9.17, 15) is 14.4 Å². The molecule has 0 saturated carbocycles. The van der Waals surface area contributed by atoms with Gasteiger partial charge < -0.3 is 4.90 Å². The zero-order valence-electron chi connectivity index (χ0n) is 15.5.